The van der Waals surface area contributed by atoms with Crippen molar-refractivity contribution in [1.82, 2.24) is 4.98 Å². The van der Waals surface area contributed by atoms with Crippen LogP contribution in [0.25, 0.3) is 6.08 Å². The van der Waals surface area contributed by atoms with Crippen molar-refractivity contribution in [2.45, 2.75) is 20.5 Å². The monoisotopic (exact) mass is 410 g/mol. The second-order valence-electron chi connectivity index (χ2n) is 6.22. The average Bonchev–Trinajstić information content (AvgIpc) is 3.15. The maximum atomic E-state index is 14.1. The molecule has 148 valence electrons. The minimum absolute atomic E-state index is 0.0452. The Kier molecular flexibility index (Phi) is 6.51. The van der Waals surface area contributed by atoms with E-state index in [9.17, 15) is 14.0 Å². The Morgan fingerprint density at radius 2 is 1.90 bits per heavy atom. The molecule has 0 radical (unpaired) electrons. The van der Waals surface area contributed by atoms with Crippen LogP contribution < -0.4 is 4.90 Å². The second kappa shape index (κ2) is 9.25. The van der Waals surface area contributed by atoms with E-state index >= 15 is 0 Å². The van der Waals surface area contributed by atoms with Gasteiger partial charge in [0.2, 0.25) is 5.91 Å². The van der Waals surface area contributed by atoms with Gasteiger partial charge in [-0.3, -0.25) is 9.69 Å². The number of rotatable bonds is 6. The summed E-state index contributed by atoms with van der Waals surface area (Å²) in [6, 6.07) is 13.7. The van der Waals surface area contributed by atoms with Crippen molar-refractivity contribution in [2.75, 3.05) is 4.90 Å². The predicted molar refractivity (Wildman–Crippen MR) is 111 cm³/mol. The molecule has 0 aliphatic heterocycles. The molecule has 0 bridgehead atoms. The largest absolute Gasteiger partial charge is 0.456 e. The summed E-state index contributed by atoms with van der Waals surface area (Å²) in [7, 11) is 0. The zero-order valence-corrected chi connectivity index (χ0v) is 16.8. The van der Waals surface area contributed by atoms with E-state index in [1.807, 2.05) is 31.2 Å². The first-order chi connectivity index (χ1) is 14.0. The number of para-hydroxylation sites is 1. The Labute approximate surface area is 172 Å². The lowest BCUT2D eigenvalue weighted by Gasteiger charge is -2.18. The van der Waals surface area contributed by atoms with Crippen LogP contribution in [0.5, 0.6) is 0 Å². The van der Waals surface area contributed by atoms with Gasteiger partial charge in [-0.2, -0.15) is 0 Å². The number of esters is 1. The number of hydrogen-bond donors (Lipinski definition) is 0. The van der Waals surface area contributed by atoms with Crippen LogP contribution in [0.1, 0.15) is 23.7 Å². The van der Waals surface area contributed by atoms with Gasteiger partial charge >= 0.3 is 5.97 Å². The number of halogens is 1. The van der Waals surface area contributed by atoms with Crippen LogP contribution in [0.2, 0.25) is 0 Å². The lowest BCUT2D eigenvalue weighted by Crippen LogP contribution is -2.23. The van der Waals surface area contributed by atoms with Crippen molar-refractivity contribution in [3.63, 3.8) is 0 Å². The molecule has 0 saturated carbocycles. The van der Waals surface area contributed by atoms with Gasteiger partial charge in [0.25, 0.3) is 0 Å². The first-order valence-electron chi connectivity index (χ1n) is 8.86. The zero-order valence-electron chi connectivity index (χ0n) is 16.0. The lowest BCUT2D eigenvalue weighted by molar-refractivity contribution is -0.139. The van der Waals surface area contributed by atoms with Gasteiger partial charge in [0.1, 0.15) is 12.4 Å². The molecule has 0 aliphatic rings. The molecular formula is C22H19FN2O3S. The van der Waals surface area contributed by atoms with Crippen LogP contribution in [-0.4, -0.2) is 16.9 Å². The van der Waals surface area contributed by atoms with Crippen molar-refractivity contribution < 1.29 is 18.7 Å². The van der Waals surface area contributed by atoms with Crippen molar-refractivity contribution in [3.05, 3.63) is 82.6 Å². The predicted octanol–water partition coefficient (Wildman–Crippen LogP) is 5.03. The first-order valence-corrected chi connectivity index (χ1v) is 9.74. The minimum Gasteiger partial charge on any atom is -0.456 e. The molecule has 3 rings (SSSR count). The SMILES string of the molecule is CC(=O)N(c1nc(COC(=O)/C=C/c2ccccc2C)cs1)c1ccccc1F. The molecule has 5 nitrogen and oxygen atoms in total. The van der Waals surface area contributed by atoms with E-state index in [-0.39, 0.29) is 18.2 Å². The summed E-state index contributed by atoms with van der Waals surface area (Å²) in [4.78, 5) is 29.5. The van der Waals surface area contributed by atoms with E-state index in [0.29, 0.717) is 10.8 Å². The molecule has 3 aromatic rings. The Morgan fingerprint density at radius 3 is 2.62 bits per heavy atom. The third kappa shape index (κ3) is 5.14. The summed E-state index contributed by atoms with van der Waals surface area (Å²) in [5.74, 6) is -1.39. The maximum absolute atomic E-state index is 14.1. The number of anilines is 2. The van der Waals surface area contributed by atoms with Crippen molar-refractivity contribution in [1.29, 1.82) is 0 Å². The smallest absolute Gasteiger partial charge is 0.331 e. The van der Waals surface area contributed by atoms with E-state index in [4.69, 9.17) is 4.74 Å². The lowest BCUT2D eigenvalue weighted by atomic mass is 10.1. The molecule has 0 spiro atoms. The molecule has 0 fully saturated rings. The number of aromatic nitrogens is 1. The molecule has 7 heteroatoms. The highest BCUT2D eigenvalue weighted by Gasteiger charge is 2.21. The molecular weight excluding hydrogens is 391 g/mol. The topological polar surface area (TPSA) is 59.5 Å². The Balaban J connectivity index is 1.67. The van der Waals surface area contributed by atoms with Gasteiger partial charge in [0.05, 0.1) is 11.4 Å². The van der Waals surface area contributed by atoms with Crippen LogP contribution in [0, 0.1) is 12.7 Å². The highest BCUT2D eigenvalue weighted by molar-refractivity contribution is 7.14. The average molecular weight is 410 g/mol. The number of amides is 1. The molecule has 0 atom stereocenters. The van der Waals surface area contributed by atoms with Gasteiger partial charge in [0.15, 0.2) is 5.13 Å². The molecule has 0 unspecified atom stereocenters. The quantitative estimate of drug-likeness (QED) is 0.422. The fourth-order valence-corrected chi connectivity index (χ4v) is 3.49. The third-order valence-electron chi connectivity index (χ3n) is 4.09. The van der Waals surface area contributed by atoms with Gasteiger partial charge in [0, 0.05) is 18.4 Å². The van der Waals surface area contributed by atoms with Crippen LogP contribution in [0.4, 0.5) is 15.2 Å². The molecule has 29 heavy (non-hydrogen) atoms. The van der Waals surface area contributed by atoms with E-state index in [1.165, 1.54) is 41.4 Å². The molecule has 2 aromatic carbocycles. The van der Waals surface area contributed by atoms with Gasteiger partial charge in [-0.25, -0.2) is 14.2 Å². The zero-order chi connectivity index (χ0) is 20.8. The highest BCUT2D eigenvalue weighted by atomic mass is 32.1. The standard InChI is InChI=1S/C22H19FN2O3S/c1-15-7-3-4-8-17(15)11-12-21(27)28-13-18-14-29-22(24-18)25(16(2)26)20-10-6-5-9-19(20)23/h3-12,14H,13H2,1-2H3/b12-11+. The van der Waals surface area contributed by atoms with Crippen LogP contribution in [0.3, 0.4) is 0 Å². The third-order valence-corrected chi connectivity index (χ3v) is 4.96. The summed E-state index contributed by atoms with van der Waals surface area (Å²) in [5.41, 5.74) is 2.59. The number of aryl methyl sites for hydroxylation is 1. The van der Waals surface area contributed by atoms with Crippen LogP contribution in [0.15, 0.2) is 60.0 Å². The summed E-state index contributed by atoms with van der Waals surface area (Å²) < 4.78 is 19.3. The Hall–Kier alpha value is -3.32. The molecule has 1 aromatic heterocycles. The van der Waals surface area contributed by atoms with E-state index in [2.05, 4.69) is 4.98 Å². The molecule has 0 N–H and O–H groups in total. The number of benzene rings is 2. The van der Waals surface area contributed by atoms with Gasteiger partial charge in [-0.1, -0.05) is 36.4 Å². The summed E-state index contributed by atoms with van der Waals surface area (Å²) >= 11 is 1.17. The van der Waals surface area contributed by atoms with Crippen LogP contribution in [-0.2, 0) is 20.9 Å². The maximum Gasteiger partial charge on any atom is 0.331 e. The summed E-state index contributed by atoms with van der Waals surface area (Å²) in [5, 5.41) is 1.98. The molecule has 1 amide bonds. The van der Waals surface area contributed by atoms with Crippen molar-refractivity contribution in [2.24, 2.45) is 0 Å². The first kappa shape index (κ1) is 20.4. The number of nitrogens with zero attached hydrogens (tertiary/aromatic N) is 2. The van der Waals surface area contributed by atoms with E-state index in [1.54, 1.807) is 23.6 Å². The van der Waals surface area contributed by atoms with Gasteiger partial charge in [-0.15, -0.1) is 11.3 Å². The fraction of sp³-hybridized carbons (Fsp3) is 0.136. The van der Waals surface area contributed by atoms with Crippen molar-refractivity contribution >= 4 is 40.1 Å². The molecule has 1 heterocycles. The number of thiazole rings is 1. The van der Waals surface area contributed by atoms with Gasteiger partial charge in [-0.05, 0) is 36.3 Å². The van der Waals surface area contributed by atoms with Crippen molar-refractivity contribution in [3.8, 4) is 0 Å². The highest BCUT2D eigenvalue weighted by Crippen LogP contribution is 2.30. The summed E-state index contributed by atoms with van der Waals surface area (Å²) in [6.07, 6.45) is 3.05. The molecule has 0 saturated heterocycles. The van der Waals surface area contributed by atoms with Gasteiger partial charge < -0.3 is 4.74 Å². The Bertz CT molecular complexity index is 1060. The number of hydrogen-bond acceptors (Lipinski definition) is 5. The summed E-state index contributed by atoms with van der Waals surface area (Å²) in [6.45, 7) is 3.25. The molecule has 0 aliphatic carbocycles. The number of carbonyl (C=O) groups excluding carboxylic acids is 2. The second-order valence-corrected chi connectivity index (χ2v) is 7.06. The fourth-order valence-electron chi connectivity index (χ4n) is 2.63. The van der Waals surface area contributed by atoms with Crippen LogP contribution >= 0.6 is 11.3 Å². The number of ether oxygens (including phenoxy) is 1. The number of carbonyl (C=O) groups is 2. The van der Waals surface area contributed by atoms with E-state index < -0.39 is 11.8 Å². The minimum atomic E-state index is -0.521. The normalized spacial score (nSPS) is 10.9. The van der Waals surface area contributed by atoms with E-state index in [0.717, 1.165) is 11.1 Å². The Morgan fingerprint density at radius 1 is 1.17 bits per heavy atom.